The summed E-state index contributed by atoms with van der Waals surface area (Å²) >= 11 is 0. The Balaban J connectivity index is 1.56. The Morgan fingerprint density at radius 1 is 1.11 bits per heavy atom. The first kappa shape index (κ1) is 24.3. The zero-order valence-electron chi connectivity index (χ0n) is 19.4. The molecule has 3 aromatic heterocycles. The summed E-state index contributed by atoms with van der Waals surface area (Å²) in [5.74, 6) is -0.435. The standard InChI is InChI=1S/C24H24F4N6O2/c1-35-10-11-36-18-6-3-14-2-5-17(30-21(14)20(18)25)23-32-31-19-7-4-15(12-34(19)23)22(24(26,27)28)33-9-8-16(29)13-33/h2-7,12,16,22H,8-11,13,29H2,1H3/t16-,22+/m0/s1. The number of fused-ring (bicyclic) bond motifs is 2. The van der Waals surface area contributed by atoms with Gasteiger partial charge in [0.15, 0.2) is 23.0 Å². The third-order valence-corrected chi connectivity index (χ3v) is 6.21. The van der Waals surface area contributed by atoms with Crippen LogP contribution in [0.25, 0.3) is 28.1 Å². The van der Waals surface area contributed by atoms with Crippen molar-refractivity contribution in [1.29, 1.82) is 0 Å². The molecular weight excluding hydrogens is 480 g/mol. The van der Waals surface area contributed by atoms with Gasteiger partial charge in [0.2, 0.25) is 0 Å². The number of hydrogen-bond donors (Lipinski definition) is 1. The van der Waals surface area contributed by atoms with Gasteiger partial charge in [0.25, 0.3) is 0 Å². The minimum atomic E-state index is -4.50. The average molecular weight is 504 g/mol. The van der Waals surface area contributed by atoms with Crippen molar-refractivity contribution in [2.24, 2.45) is 5.73 Å². The molecule has 12 heteroatoms. The van der Waals surface area contributed by atoms with E-state index in [0.717, 1.165) is 0 Å². The second-order valence-electron chi connectivity index (χ2n) is 8.69. The van der Waals surface area contributed by atoms with Crippen molar-refractivity contribution in [3.05, 3.63) is 54.0 Å². The summed E-state index contributed by atoms with van der Waals surface area (Å²) in [6.45, 7) is 0.857. The van der Waals surface area contributed by atoms with Crippen molar-refractivity contribution in [2.45, 2.75) is 24.7 Å². The quantitative estimate of drug-likeness (QED) is 0.303. The van der Waals surface area contributed by atoms with Crippen molar-refractivity contribution < 1.29 is 27.0 Å². The summed E-state index contributed by atoms with van der Waals surface area (Å²) in [6, 6.07) is 7.22. The Bertz CT molecular complexity index is 1390. The zero-order chi connectivity index (χ0) is 25.4. The number of halogens is 4. The Labute approximate surface area is 203 Å². The van der Waals surface area contributed by atoms with Crippen LogP contribution in [0.2, 0.25) is 0 Å². The van der Waals surface area contributed by atoms with E-state index < -0.39 is 18.0 Å². The summed E-state index contributed by atoms with van der Waals surface area (Å²) in [5, 5.41) is 8.72. The highest BCUT2D eigenvalue weighted by atomic mass is 19.4. The lowest BCUT2D eigenvalue weighted by atomic mass is 10.1. The van der Waals surface area contributed by atoms with Crippen molar-refractivity contribution in [1.82, 2.24) is 24.5 Å². The summed E-state index contributed by atoms with van der Waals surface area (Å²) in [4.78, 5) is 5.75. The molecule has 1 saturated heterocycles. The SMILES string of the molecule is COCCOc1ccc2ccc(-c3nnc4ccc([C@@H](N5CC[C@H](N)C5)C(F)(F)F)cn34)nc2c1F. The fraction of sp³-hybridized carbons (Fsp3) is 0.375. The largest absolute Gasteiger partial charge is 0.488 e. The molecule has 0 unspecified atom stereocenters. The second-order valence-corrected chi connectivity index (χ2v) is 8.69. The molecule has 36 heavy (non-hydrogen) atoms. The van der Waals surface area contributed by atoms with Gasteiger partial charge in [-0.15, -0.1) is 10.2 Å². The van der Waals surface area contributed by atoms with Gasteiger partial charge in [-0.3, -0.25) is 9.30 Å². The first-order chi connectivity index (χ1) is 17.3. The molecule has 1 aliphatic heterocycles. The molecule has 0 saturated carbocycles. The van der Waals surface area contributed by atoms with Crippen molar-refractivity contribution >= 4 is 16.6 Å². The predicted octanol–water partition coefficient (Wildman–Crippen LogP) is 3.75. The number of nitrogens with zero attached hydrogens (tertiary/aromatic N) is 5. The first-order valence-electron chi connectivity index (χ1n) is 11.4. The third kappa shape index (κ3) is 4.59. The van der Waals surface area contributed by atoms with Crippen molar-refractivity contribution in [3.63, 3.8) is 0 Å². The summed E-state index contributed by atoms with van der Waals surface area (Å²) in [6.07, 6.45) is -2.65. The summed E-state index contributed by atoms with van der Waals surface area (Å²) in [7, 11) is 1.51. The maximum absolute atomic E-state index is 15.1. The third-order valence-electron chi connectivity index (χ3n) is 6.21. The van der Waals surface area contributed by atoms with Gasteiger partial charge in [-0.2, -0.15) is 13.2 Å². The second kappa shape index (κ2) is 9.60. The summed E-state index contributed by atoms with van der Waals surface area (Å²) in [5.41, 5.74) is 6.55. The summed E-state index contributed by atoms with van der Waals surface area (Å²) < 4.78 is 69.2. The number of benzene rings is 1. The highest BCUT2D eigenvalue weighted by Crippen LogP contribution is 2.39. The van der Waals surface area contributed by atoms with Gasteiger partial charge in [-0.05, 0) is 36.2 Å². The number of hydrogen-bond acceptors (Lipinski definition) is 7. The molecular formula is C24H24F4N6O2. The number of methoxy groups -OCH3 is 1. The number of aromatic nitrogens is 4. The van der Waals surface area contributed by atoms with Crippen LogP contribution in [0.4, 0.5) is 17.6 Å². The molecule has 5 rings (SSSR count). The predicted molar refractivity (Wildman–Crippen MR) is 124 cm³/mol. The molecule has 8 nitrogen and oxygen atoms in total. The molecule has 0 bridgehead atoms. The Morgan fingerprint density at radius 2 is 1.92 bits per heavy atom. The van der Waals surface area contributed by atoms with Crippen LogP contribution in [0.5, 0.6) is 5.75 Å². The minimum Gasteiger partial charge on any atom is -0.488 e. The molecule has 2 N–H and O–H groups in total. The van der Waals surface area contributed by atoms with Gasteiger partial charge in [0.1, 0.15) is 23.9 Å². The van der Waals surface area contributed by atoms with Crippen LogP contribution in [0.1, 0.15) is 18.0 Å². The Hall–Kier alpha value is -3.35. The molecule has 1 fully saturated rings. The first-order valence-corrected chi connectivity index (χ1v) is 11.4. The lowest BCUT2D eigenvalue weighted by Crippen LogP contribution is -2.38. The average Bonchev–Trinajstić information content (AvgIpc) is 3.46. The van der Waals surface area contributed by atoms with Crippen LogP contribution in [-0.4, -0.2) is 70.1 Å². The number of likely N-dealkylation sites (tertiary alicyclic amines) is 1. The van der Waals surface area contributed by atoms with Crippen LogP contribution < -0.4 is 10.5 Å². The molecule has 190 valence electrons. The van der Waals surface area contributed by atoms with Gasteiger partial charge < -0.3 is 15.2 Å². The van der Waals surface area contributed by atoms with Crippen LogP contribution in [0.15, 0.2) is 42.6 Å². The lowest BCUT2D eigenvalue weighted by Gasteiger charge is -2.30. The molecule has 0 amide bonds. The van der Waals surface area contributed by atoms with E-state index in [1.165, 1.54) is 40.8 Å². The number of pyridine rings is 2. The van der Waals surface area contributed by atoms with Crippen LogP contribution in [-0.2, 0) is 4.74 Å². The maximum atomic E-state index is 15.1. The fourth-order valence-corrected chi connectivity index (χ4v) is 4.51. The zero-order valence-corrected chi connectivity index (χ0v) is 19.4. The van der Waals surface area contributed by atoms with Crippen molar-refractivity contribution in [2.75, 3.05) is 33.4 Å². The van der Waals surface area contributed by atoms with E-state index in [4.69, 9.17) is 15.2 Å². The normalized spacial score (nSPS) is 17.8. The Morgan fingerprint density at radius 3 is 2.64 bits per heavy atom. The number of rotatable bonds is 7. The highest BCUT2D eigenvalue weighted by molar-refractivity contribution is 5.83. The minimum absolute atomic E-state index is 0.0226. The van der Waals surface area contributed by atoms with Crippen molar-refractivity contribution in [3.8, 4) is 17.3 Å². The van der Waals surface area contributed by atoms with E-state index in [0.29, 0.717) is 24.1 Å². The van der Waals surface area contributed by atoms with E-state index in [9.17, 15) is 13.2 Å². The fourth-order valence-electron chi connectivity index (χ4n) is 4.51. The van der Waals surface area contributed by atoms with E-state index in [1.807, 2.05) is 0 Å². The van der Waals surface area contributed by atoms with E-state index in [1.54, 1.807) is 18.2 Å². The monoisotopic (exact) mass is 504 g/mol. The van der Waals surface area contributed by atoms with E-state index in [-0.39, 0.29) is 54.1 Å². The lowest BCUT2D eigenvalue weighted by molar-refractivity contribution is -0.183. The maximum Gasteiger partial charge on any atom is 0.408 e. The number of nitrogens with two attached hydrogens (primary N) is 1. The molecule has 0 spiro atoms. The van der Waals surface area contributed by atoms with E-state index >= 15 is 4.39 Å². The van der Waals surface area contributed by atoms with Crippen LogP contribution in [0.3, 0.4) is 0 Å². The Kier molecular flexibility index (Phi) is 6.49. The van der Waals surface area contributed by atoms with Gasteiger partial charge in [-0.1, -0.05) is 12.1 Å². The molecule has 1 aliphatic rings. The molecule has 0 radical (unpaired) electrons. The van der Waals surface area contributed by atoms with Gasteiger partial charge >= 0.3 is 6.18 Å². The van der Waals surface area contributed by atoms with Gasteiger partial charge in [0, 0.05) is 37.8 Å². The van der Waals surface area contributed by atoms with Crippen LogP contribution >= 0.6 is 0 Å². The van der Waals surface area contributed by atoms with E-state index in [2.05, 4.69) is 15.2 Å². The molecule has 4 aromatic rings. The smallest absolute Gasteiger partial charge is 0.408 e. The van der Waals surface area contributed by atoms with Gasteiger partial charge in [-0.25, -0.2) is 9.37 Å². The van der Waals surface area contributed by atoms with Crippen LogP contribution in [0, 0.1) is 5.82 Å². The highest BCUT2D eigenvalue weighted by Gasteiger charge is 2.46. The number of ether oxygens (including phenoxy) is 2. The molecule has 0 aliphatic carbocycles. The molecule has 4 heterocycles. The topological polar surface area (TPSA) is 90.8 Å². The molecule has 2 atom stereocenters. The molecule has 1 aromatic carbocycles. The number of alkyl halides is 3. The van der Waals surface area contributed by atoms with Gasteiger partial charge in [0.05, 0.1) is 6.61 Å².